The van der Waals surface area contributed by atoms with Gasteiger partial charge in [0.2, 0.25) is 0 Å². The Kier molecular flexibility index (Phi) is 2.78. The minimum absolute atomic E-state index is 0.549. The van der Waals surface area contributed by atoms with Crippen LogP contribution in [-0.4, -0.2) is 23.0 Å². The van der Waals surface area contributed by atoms with Crippen molar-refractivity contribution in [3.8, 4) is 0 Å². The lowest BCUT2D eigenvalue weighted by atomic mass is 10.1. The summed E-state index contributed by atoms with van der Waals surface area (Å²) in [5.41, 5.74) is 0.549. The number of aliphatic imine (C=N–C) groups is 1. The monoisotopic (exact) mass is 212 g/mol. The zero-order valence-corrected chi connectivity index (χ0v) is 10.2. The van der Waals surface area contributed by atoms with E-state index in [-0.39, 0.29) is 0 Å². The van der Waals surface area contributed by atoms with E-state index in [9.17, 15) is 0 Å². The second kappa shape index (κ2) is 3.76. The third-order valence-corrected chi connectivity index (χ3v) is 4.92. The number of hydrogen-bond acceptors (Lipinski definition) is 3. The Bertz CT molecular complexity index is 252. The fourth-order valence-corrected chi connectivity index (χ4v) is 2.87. The van der Waals surface area contributed by atoms with Crippen LogP contribution in [0.2, 0.25) is 0 Å². The highest BCUT2D eigenvalue weighted by atomic mass is 32.2. The summed E-state index contributed by atoms with van der Waals surface area (Å²) >= 11 is 1.93. The van der Waals surface area contributed by atoms with Gasteiger partial charge < -0.3 is 5.32 Å². The molecule has 14 heavy (non-hydrogen) atoms. The molecule has 1 heterocycles. The van der Waals surface area contributed by atoms with Gasteiger partial charge in [-0.3, -0.25) is 4.99 Å². The summed E-state index contributed by atoms with van der Waals surface area (Å²) in [5, 5.41) is 5.49. The van der Waals surface area contributed by atoms with E-state index >= 15 is 0 Å². The van der Waals surface area contributed by atoms with E-state index in [0.717, 1.165) is 11.8 Å². The van der Waals surface area contributed by atoms with Crippen molar-refractivity contribution in [3.63, 3.8) is 0 Å². The highest BCUT2D eigenvalue weighted by Crippen LogP contribution is 2.48. The zero-order valence-electron chi connectivity index (χ0n) is 9.34. The molecule has 0 spiro atoms. The lowest BCUT2D eigenvalue weighted by Gasteiger charge is -2.10. The van der Waals surface area contributed by atoms with E-state index in [1.807, 2.05) is 11.8 Å². The van der Waals surface area contributed by atoms with Crippen LogP contribution in [0.5, 0.6) is 0 Å². The minimum atomic E-state index is 0.549. The highest BCUT2D eigenvalue weighted by molar-refractivity contribution is 8.14. The number of amidine groups is 1. The molecule has 3 unspecified atom stereocenters. The first-order valence-corrected chi connectivity index (χ1v) is 6.53. The molecule has 1 fully saturated rings. The Balaban J connectivity index is 1.78. The Morgan fingerprint density at radius 1 is 1.57 bits per heavy atom. The van der Waals surface area contributed by atoms with Crippen LogP contribution in [0.25, 0.3) is 0 Å². The first-order valence-electron chi connectivity index (χ1n) is 5.65. The SMILES string of the molecule is CCC1CN=C(NC2CC2(C)CC)S1. The van der Waals surface area contributed by atoms with Gasteiger partial charge in [0.25, 0.3) is 0 Å². The molecule has 1 aliphatic carbocycles. The molecule has 0 amide bonds. The summed E-state index contributed by atoms with van der Waals surface area (Å²) in [5.74, 6) is 0. The second-order valence-corrected chi connectivity index (χ2v) is 5.99. The van der Waals surface area contributed by atoms with Crippen molar-refractivity contribution in [1.82, 2.24) is 5.32 Å². The van der Waals surface area contributed by atoms with E-state index in [2.05, 4.69) is 31.1 Å². The molecule has 0 bridgehead atoms. The predicted molar refractivity (Wildman–Crippen MR) is 63.9 cm³/mol. The molecule has 0 aromatic rings. The number of thioether (sulfide) groups is 1. The highest BCUT2D eigenvalue weighted by Gasteiger charge is 2.49. The molecule has 80 valence electrons. The Labute approximate surface area is 90.9 Å². The van der Waals surface area contributed by atoms with Gasteiger partial charge in [-0.15, -0.1) is 0 Å². The van der Waals surface area contributed by atoms with Crippen molar-refractivity contribution in [1.29, 1.82) is 0 Å². The number of rotatable bonds is 3. The predicted octanol–water partition coefficient (Wildman–Crippen LogP) is 2.65. The maximum absolute atomic E-state index is 4.54. The summed E-state index contributed by atoms with van der Waals surface area (Å²) in [4.78, 5) is 4.54. The molecule has 2 rings (SSSR count). The summed E-state index contributed by atoms with van der Waals surface area (Å²) in [7, 11) is 0. The largest absolute Gasteiger partial charge is 0.362 e. The molecule has 3 heteroatoms. The molecule has 1 N–H and O–H groups in total. The number of nitrogens with zero attached hydrogens (tertiary/aromatic N) is 1. The molecular weight excluding hydrogens is 192 g/mol. The van der Waals surface area contributed by atoms with Gasteiger partial charge >= 0.3 is 0 Å². The molecule has 3 atom stereocenters. The van der Waals surface area contributed by atoms with E-state index in [4.69, 9.17) is 0 Å². The minimum Gasteiger partial charge on any atom is -0.362 e. The topological polar surface area (TPSA) is 24.4 Å². The second-order valence-electron chi connectivity index (χ2n) is 4.70. The van der Waals surface area contributed by atoms with Crippen molar-refractivity contribution in [2.45, 2.75) is 51.3 Å². The maximum atomic E-state index is 4.54. The van der Waals surface area contributed by atoms with Gasteiger partial charge in [0.1, 0.15) is 0 Å². The van der Waals surface area contributed by atoms with Crippen LogP contribution in [0.1, 0.15) is 40.0 Å². The Hall–Kier alpha value is -0.180. The van der Waals surface area contributed by atoms with Crippen molar-refractivity contribution >= 4 is 16.9 Å². The van der Waals surface area contributed by atoms with Crippen LogP contribution >= 0.6 is 11.8 Å². The molecule has 0 radical (unpaired) electrons. The first kappa shape index (κ1) is 10.3. The van der Waals surface area contributed by atoms with Gasteiger partial charge in [-0.25, -0.2) is 0 Å². The van der Waals surface area contributed by atoms with Crippen molar-refractivity contribution in [2.24, 2.45) is 10.4 Å². The third-order valence-electron chi connectivity index (χ3n) is 3.63. The van der Waals surface area contributed by atoms with Gasteiger partial charge in [0, 0.05) is 11.3 Å². The third kappa shape index (κ3) is 1.92. The summed E-state index contributed by atoms with van der Waals surface area (Å²) in [6.45, 7) is 7.89. The standard InChI is InChI=1S/C11H20N2S/c1-4-8-7-12-10(14-8)13-9-6-11(9,3)5-2/h8-9H,4-7H2,1-3H3,(H,12,13). The van der Waals surface area contributed by atoms with Crippen LogP contribution in [0, 0.1) is 5.41 Å². The molecule has 0 aromatic heterocycles. The average molecular weight is 212 g/mol. The van der Waals surface area contributed by atoms with Crippen molar-refractivity contribution in [2.75, 3.05) is 6.54 Å². The maximum Gasteiger partial charge on any atom is 0.157 e. The summed E-state index contributed by atoms with van der Waals surface area (Å²) in [6, 6.07) is 0.689. The van der Waals surface area contributed by atoms with Gasteiger partial charge in [-0.2, -0.15) is 0 Å². The molecular formula is C11H20N2S. The van der Waals surface area contributed by atoms with Crippen LogP contribution < -0.4 is 5.32 Å². The Morgan fingerprint density at radius 3 is 2.86 bits per heavy atom. The lowest BCUT2D eigenvalue weighted by molar-refractivity contribution is 0.513. The quantitative estimate of drug-likeness (QED) is 0.778. The van der Waals surface area contributed by atoms with Crippen LogP contribution in [0.15, 0.2) is 4.99 Å². The van der Waals surface area contributed by atoms with Gasteiger partial charge in [0.05, 0.1) is 6.54 Å². The molecule has 2 aliphatic rings. The smallest absolute Gasteiger partial charge is 0.157 e. The fourth-order valence-electron chi connectivity index (χ4n) is 1.88. The molecule has 2 nitrogen and oxygen atoms in total. The van der Waals surface area contributed by atoms with Crippen LogP contribution in [0.4, 0.5) is 0 Å². The first-order chi connectivity index (χ1) is 6.68. The van der Waals surface area contributed by atoms with E-state index in [0.29, 0.717) is 11.5 Å². The molecule has 0 aromatic carbocycles. The normalized spacial score (nSPS) is 40.9. The number of nitrogens with one attached hydrogen (secondary N) is 1. The van der Waals surface area contributed by atoms with E-state index < -0.39 is 0 Å². The van der Waals surface area contributed by atoms with Crippen LogP contribution in [0.3, 0.4) is 0 Å². The van der Waals surface area contributed by atoms with Crippen LogP contribution in [-0.2, 0) is 0 Å². The molecule has 1 saturated carbocycles. The van der Waals surface area contributed by atoms with Gasteiger partial charge in [0.15, 0.2) is 5.17 Å². The zero-order chi connectivity index (χ0) is 10.2. The van der Waals surface area contributed by atoms with E-state index in [1.165, 1.54) is 24.4 Å². The Morgan fingerprint density at radius 2 is 2.36 bits per heavy atom. The fraction of sp³-hybridized carbons (Fsp3) is 0.909. The molecule has 1 aliphatic heterocycles. The van der Waals surface area contributed by atoms with Gasteiger partial charge in [-0.05, 0) is 24.7 Å². The van der Waals surface area contributed by atoms with Crippen molar-refractivity contribution in [3.05, 3.63) is 0 Å². The summed E-state index contributed by atoms with van der Waals surface area (Å²) < 4.78 is 0. The lowest BCUT2D eigenvalue weighted by Crippen LogP contribution is -2.25. The summed E-state index contributed by atoms with van der Waals surface area (Å²) in [6.07, 6.45) is 3.83. The molecule has 0 saturated heterocycles. The average Bonchev–Trinajstić information content (AvgIpc) is 2.64. The van der Waals surface area contributed by atoms with Crippen molar-refractivity contribution < 1.29 is 0 Å². The number of hydrogen-bond donors (Lipinski definition) is 1. The van der Waals surface area contributed by atoms with E-state index in [1.54, 1.807) is 0 Å². The van der Waals surface area contributed by atoms with Gasteiger partial charge in [-0.1, -0.05) is 32.5 Å².